The predicted molar refractivity (Wildman–Crippen MR) is 69.5 cm³/mol. The van der Waals surface area contributed by atoms with Crippen molar-refractivity contribution in [2.75, 3.05) is 31.5 Å². The fourth-order valence-electron chi connectivity index (χ4n) is 2.33. The predicted octanol–water partition coefficient (Wildman–Crippen LogP) is 1.29. The highest BCUT2D eigenvalue weighted by atomic mass is 32.1. The molecule has 0 saturated carbocycles. The largest absolute Gasteiger partial charge is 0.348 e. The molecule has 3 nitrogen and oxygen atoms in total. The number of benzene rings is 1. The summed E-state index contributed by atoms with van der Waals surface area (Å²) < 4.78 is 0. The van der Waals surface area contributed by atoms with E-state index in [9.17, 15) is 0 Å². The van der Waals surface area contributed by atoms with Crippen molar-refractivity contribution in [1.82, 2.24) is 10.2 Å². The first-order chi connectivity index (χ1) is 7.77. The van der Waals surface area contributed by atoms with Crippen LogP contribution in [0.25, 0.3) is 0 Å². The monoisotopic (exact) mass is 233 g/mol. The van der Waals surface area contributed by atoms with Gasteiger partial charge in [-0.25, -0.2) is 0 Å². The zero-order chi connectivity index (χ0) is 11.0. The van der Waals surface area contributed by atoms with E-state index in [1.807, 2.05) is 30.3 Å². The van der Waals surface area contributed by atoms with Gasteiger partial charge >= 0.3 is 0 Å². The molecular formula is C12H15N3S. The molecule has 2 saturated heterocycles. The van der Waals surface area contributed by atoms with Crippen LogP contribution in [0.2, 0.25) is 0 Å². The lowest BCUT2D eigenvalue weighted by Gasteiger charge is -2.56. The van der Waals surface area contributed by atoms with Crippen molar-refractivity contribution in [3.63, 3.8) is 0 Å². The van der Waals surface area contributed by atoms with Crippen molar-refractivity contribution in [1.29, 1.82) is 0 Å². The number of para-hydroxylation sites is 1. The van der Waals surface area contributed by atoms with E-state index in [-0.39, 0.29) is 0 Å². The molecule has 16 heavy (non-hydrogen) atoms. The molecule has 0 radical (unpaired) electrons. The molecule has 2 heterocycles. The Balaban J connectivity index is 1.55. The Labute approximate surface area is 101 Å². The maximum Gasteiger partial charge on any atom is 0.173 e. The van der Waals surface area contributed by atoms with Crippen LogP contribution in [-0.2, 0) is 0 Å². The molecule has 3 rings (SSSR count). The summed E-state index contributed by atoms with van der Waals surface area (Å²) in [5.74, 6) is 0. The summed E-state index contributed by atoms with van der Waals surface area (Å²) >= 11 is 5.38. The van der Waals surface area contributed by atoms with E-state index in [0.29, 0.717) is 5.41 Å². The second-order valence-corrected chi connectivity index (χ2v) is 5.14. The Kier molecular flexibility index (Phi) is 2.33. The Morgan fingerprint density at radius 2 is 1.94 bits per heavy atom. The summed E-state index contributed by atoms with van der Waals surface area (Å²) in [6.45, 7) is 4.49. The molecule has 0 aromatic heterocycles. The maximum absolute atomic E-state index is 5.38. The first kappa shape index (κ1) is 10.1. The maximum atomic E-state index is 5.38. The van der Waals surface area contributed by atoms with Gasteiger partial charge in [-0.15, -0.1) is 0 Å². The minimum atomic E-state index is 0.530. The van der Waals surface area contributed by atoms with Gasteiger partial charge in [0.05, 0.1) is 0 Å². The van der Waals surface area contributed by atoms with Gasteiger partial charge < -0.3 is 15.5 Å². The SMILES string of the molecule is S=C(Nc1ccccc1)N1CC2(CNC2)C1. The van der Waals surface area contributed by atoms with Crippen molar-refractivity contribution in [2.24, 2.45) is 5.41 Å². The molecule has 2 N–H and O–H groups in total. The quantitative estimate of drug-likeness (QED) is 0.715. The Morgan fingerprint density at radius 3 is 2.50 bits per heavy atom. The minimum Gasteiger partial charge on any atom is -0.348 e. The van der Waals surface area contributed by atoms with Crippen molar-refractivity contribution in [3.05, 3.63) is 30.3 Å². The second kappa shape index (κ2) is 3.71. The molecule has 1 aromatic rings. The number of hydrogen-bond donors (Lipinski definition) is 2. The number of likely N-dealkylation sites (tertiary alicyclic amines) is 1. The van der Waals surface area contributed by atoms with Crippen LogP contribution in [0, 0.1) is 5.41 Å². The Bertz CT molecular complexity index is 392. The van der Waals surface area contributed by atoms with E-state index >= 15 is 0 Å². The summed E-state index contributed by atoms with van der Waals surface area (Å²) in [5, 5.41) is 7.44. The summed E-state index contributed by atoms with van der Waals surface area (Å²) in [4.78, 5) is 2.24. The molecule has 2 fully saturated rings. The van der Waals surface area contributed by atoms with Crippen LogP contribution in [0.4, 0.5) is 5.69 Å². The second-order valence-electron chi connectivity index (χ2n) is 4.76. The highest BCUT2D eigenvalue weighted by molar-refractivity contribution is 7.80. The van der Waals surface area contributed by atoms with Gasteiger partial charge in [-0.2, -0.15) is 0 Å². The van der Waals surface area contributed by atoms with E-state index in [1.165, 1.54) is 0 Å². The van der Waals surface area contributed by atoms with Crippen molar-refractivity contribution < 1.29 is 0 Å². The van der Waals surface area contributed by atoms with Crippen LogP contribution >= 0.6 is 12.2 Å². The molecule has 2 aliphatic heterocycles. The van der Waals surface area contributed by atoms with Gasteiger partial charge in [0.15, 0.2) is 5.11 Å². The molecule has 0 unspecified atom stereocenters. The lowest BCUT2D eigenvalue weighted by molar-refractivity contribution is 0.00868. The standard InChI is InChI=1S/C12H15N3S/c16-11(14-10-4-2-1-3-5-10)15-8-12(9-15)6-13-7-12/h1-5,13H,6-9H2,(H,14,16). The summed E-state index contributed by atoms with van der Waals surface area (Å²) in [6.07, 6.45) is 0. The van der Waals surface area contributed by atoms with Gasteiger partial charge in [0.2, 0.25) is 0 Å². The third kappa shape index (κ3) is 1.68. The molecule has 0 atom stereocenters. The zero-order valence-corrected chi connectivity index (χ0v) is 9.89. The third-order valence-corrected chi connectivity index (χ3v) is 3.73. The molecule has 4 heteroatoms. The smallest absolute Gasteiger partial charge is 0.173 e. The molecule has 2 aliphatic rings. The van der Waals surface area contributed by atoms with Crippen LogP contribution in [0.15, 0.2) is 30.3 Å². The molecule has 1 spiro atoms. The number of thiocarbonyl (C=S) groups is 1. The lowest BCUT2D eigenvalue weighted by Crippen LogP contribution is -2.72. The average Bonchev–Trinajstić information content (AvgIpc) is 2.14. The number of nitrogens with zero attached hydrogens (tertiary/aromatic N) is 1. The van der Waals surface area contributed by atoms with Gasteiger partial charge in [-0.3, -0.25) is 0 Å². The number of nitrogens with one attached hydrogen (secondary N) is 2. The van der Waals surface area contributed by atoms with Crippen LogP contribution in [0.3, 0.4) is 0 Å². The summed E-state index contributed by atoms with van der Waals surface area (Å²) in [7, 11) is 0. The Morgan fingerprint density at radius 1 is 1.25 bits per heavy atom. The van der Waals surface area contributed by atoms with Crippen LogP contribution < -0.4 is 10.6 Å². The third-order valence-electron chi connectivity index (χ3n) is 3.36. The summed E-state index contributed by atoms with van der Waals surface area (Å²) in [6, 6.07) is 10.1. The van der Waals surface area contributed by atoms with Crippen LogP contribution in [0.1, 0.15) is 0 Å². The van der Waals surface area contributed by atoms with Crippen molar-refractivity contribution in [3.8, 4) is 0 Å². The zero-order valence-electron chi connectivity index (χ0n) is 9.07. The molecule has 0 amide bonds. The van der Waals surface area contributed by atoms with Crippen LogP contribution in [-0.4, -0.2) is 36.2 Å². The first-order valence-electron chi connectivity index (χ1n) is 5.59. The lowest BCUT2D eigenvalue weighted by atomic mass is 9.75. The van der Waals surface area contributed by atoms with Crippen LogP contribution in [0.5, 0.6) is 0 Å². The van der Waals surface area contributed by atoms with Crippen molar-refractivity contribution in [2.45, 2.75) is 0 Å². The fraction of sp³-hybridized carbons (Fsp3) is 0.417. The molecule has 0 aliphatic carbocycles. The summed E-state index contributed by atoms with van der Waals surface area (Å²) in [5.41, 5.74) is 1.60. The molecule has 1 aromatic carbocycles. The van der Waals surface area contributed by atoms with Crippen molar-refractivity contribution >= 4 is 23.0 Å². The molecule has 84 valence electrons. The average molecular weight is 233 g/mol. The van der Waals surface area contributed by atoms with Gasteiger partial charge in [-0.1, -0.05) is 18.2 Å². The van der Waals surface area contributed by atoms with Gasteiger partial charge in [0.1, 0.15) is 0 Å². The van der Waals surface area contributed by atoms with E-state index in [4.69, 9.17) is 12.2 Å². The molecular weight excluding hydrogens is 218 g/mol. The van der Waals surface area contributed by atoms with E-state index in [1.54, 1.807) is 0 Å². The van der Waals surface area contributed by atoms with E-state index < -0.39 is 0 Å². The number of rotatable bonds is 1. The normalized spacial score (nSPS) is 21.1. The van der Waals surface area contributed by atoms with Gasteiger partial charge in [-0.05, 0) is 24.4 Å². The van der Waals surface area contributed by atoms with Gasteiger partial charge in [0, 0.05) is 37.3 Å². The molecule has 0 bridgehead atoms. The highest BCUT2D eigenvalue weighted by Crippen LogP contribution is 2.34. The van der Waals surface area contributed by atoms with E-state index in [0.717, 1.165) is 37.0 Å². The number of anilines is 1. The topological polar surface area (TPSA) is 27.3 Å². The Hall–Kier alpha value is -1.13. The first-order valence-corrected chi connectivity index (χ1v) is 6.00. The minimum absolute atomic E-state index is 0.530. The number of hydrogen-bond acceptors (Lipinski definition) is 2. The van der Waals surface area contributed by atoms with E-state index in [2.05, 4.69) is 15.5 Å². The highest BCUT2D eigenvalue weighted by Gasteiger charge is 2.48. The van der Waals surface area contributed by atoms with Gasteiger partial charge in [0.25, 0.3) is 0 Å². The fourth-order valence-corrected chi connectivity index (χ4v) is 2.58.